The number of benzene rings is 1. The van der Waals surface area contributed by atoms with Crippen LogP contribution in [0.15, 0.2) is 18.2 Å². The Labute approximate surface area is 79.7 Å². The van der Waals surface area contributed by atoms with Gasteiger partial charge in [0.05, 0.1) is 6.61 Å². The molecule has 0 unspecified atom stereocenters. The molecule has 0 heterocycles. The van der Waals surface area contributed by atoms with E-state index in [4.69, 9.17) is 10.5 Å². The van der Waals surface area contributed by atoms with Crippen LogP contribution < -0.4 is 5.73 Å². The summed E-state index contributed by atoms with van der Waals surface area (Å²) < 4.78 is 5.46. The van der Waals surface area contributed by atoms with Crippen molar-refractivity contribution in [2.45, 2.75) is 20.5 Å². The first kappa shape index (κ1) is 10.1. The van der Waals surface area contributed by atoms with E-state index in [-0.39, 0.29) is 0 Å². The Morgan fingerprint density at radius 2 is 2.31 bits per heavy atom. The second-order valence-electron chi connectivity index (χ2n) is 3.52. The van der Waals surface area contributed by atoms with Crippen molar-refractivity contribution in [3.05, 3.63) is 29.8 Å². The van der Waals surface area contributed by atoms with Gasteiger partial charge in [0.15, 0.2) is 0 Å². The fourth-order valence-electron chi connectivity index (χ4n) is 1.02. The van der Waals surface area contributed by atoms with E-state index in [0.717, 1.165) is 12.2 Å². The third kappa shape index (κ3) is 3.47. The first-order chi connectivity index (χ1) is 6.20. The van der Waals surface area contributed by atoms with E-state index in [9.17, 15) is 0 Å². The van der Waals surface area contributed by atoms with Crippen LogP contribution >= 0.6 is 0 Å². The van der Waals surface area contributed by atoms with E-state index in [1.165, 1.54) is 0 Å². The zero-order valence-electron chi connectivity index (χ0n) is 8.21. The zero-order chi connectivity index (χ0) is 9.68. The van der Waals surface area contributed by atoms with Crippen LogP contribution in [0.3, 0.4) is 0 Å². The third-order valence-corrected chi connectivity index (χ3v) is 1.69. The van der Waals surface area contributed by atoms with Crippen molar-refractivity contribution in [2.24, 2.45) is 5.92 Å². The summed E-state index contributed by atoms with van der Waals surface area (Å²) in [6, 6.07) is 8.63. The minimum atomic E-state index is 0.564. The van der Waals surface area contributed by atoms with Crippen molar-refractivity contribution in [1.29, 1.82) is 0 Å². The van der Waals surface area contributed by atoms with Crippen molar-refractivity contribution in [3.63, 3.8) is 0 Å². The first-order valence-corrected chi connectivity index (χ1v) is 4.53. The molecule has 0 fully saturated rings. The Kier molecular flexibility index (Phi) is 3.77. The van der Waals surface area contributed by atoms with Gasteiger partial charge in [-0.1, -0.05) is 32.0 Å². The number of hydrogen-bond donors (Lipinski definition) is 1. The van der Waals surface area contributed by atoms with Crippen molar-refractivity contribution < 1.29 is 4.74 Å². The molecular weight excluding hydrogens is 162 g/mol. The minimum absolute atomic E-state index is 0.564. The van der Waals surface area contributed by atoms with Gasteiger partial charge in [0, 0.05) is 23.9 Å². The highest BCUT2D eigenvalue weighted by atomic mass is 16.5. The lowest BCUT2D eigenvalue weighted by molar-refractivity contribution is 0.0974. The maximum atomic E-state index is 5.70. The molecule has 2 nitrogen and oxygen atoms in total. The molecule has 0 aliphatic carbocycles. The van der Waals surface area contributed by atoms with Gasteiger partial charge in [0.25, 0.3) is 0 Å². The van der Waals surface area contributed by atoms with Crippen LogP contribution in [0.2, 0.25) is 0 Å². The van der Waals surface area contributed by atoms with Crippen molar-refractivity contribution in [3.8, 4) is 0 Å². The quantitative estimate of drug-likeness (QED) is 0.718. The molecule has 71 valence electrons. The second-order valence-corrected chi connectivity index (χ2v) is 3.52. The normalized spacial score (nSPS) is 10.7. The monoisotopic (exact) mass is 178 g/mol. The SMILES string of the molecule is CC(C)COCc1ccc[c]c1N. The lowest BCUT2D eigenvalue weighted by Crippen LogP contribution is -2.03. The summed E-state index contributed by atoms with van der Waals surface area (Å²) in [5.74, 6) is 0.564. The van der Waals surface area contributed by atoms with Crippen LogP contribution in [-0.2, 0) is 11.3 Å². The average molecular weight is 178 g/mol. The van der Waals surface area contributed by atoms with Crippen LogP contribution in [0.4, 0.5) is 5.69 Å². The molecular formula is C11H16NO. The summed E-state index contributed by atoms with van der Waals surface area (Å²) in [6.45, 7) is 5.61. The molecule has 0 saturated heterocycles. The molecule has 2 N–H and O–H groups in total. The largest absolute Gasteiger partial charge is 0.398 e. The number of rotatable bonds is 4. The third-order valence-electron chi connectivity index (χ3n) is 1.69. The lowest BCUT2D eigenvalue weighted by atomic mass is 10.2. The van der Waals surface area contributed by atoms with E-state index in [1.807, 2.05) is 12.1 Å². The summed E-state index contributed by atoms with van der Waals surface area (Å²) in [5.41, 5.74) is 7.41. The van der Waals surface area contributed by atoms with Crippen molar-refractivity contribution in [1.82, 2.24) is 0 Å². The fourth-order valence-corrected chi connectivity index (χ4v) is 1.02. The molecule has 0 aliphatic rings. The zero-order valence-corrected chi connectivity index (χ0v) is 8.21. The predicted molar refractivity (Wildman–Crippen MR) is 54.2 cm³/mol. The van der Waals surface area contributed by atoms with Crippen LogP contribution in [0.1, 0.15) is 19.4 Å². The number of hydrogen-bond acceptors (Lipinski definition) is 2. The molecule has 1 aromatic rings. The molecule has 0 aliphatic heterocycles. The van der Waals surface area contributed by atoms with Gasteiger partial charge < -0.3 is 10.5 Å². The Balaban J connectivity index is 2.41. The number of ether oxygens (including phenoxy) is 1. The highest BCUT2D eigenvalue weighted by Crippen LogP contribution is 2.11. The molecule has 2 heteroatoms. The maximum absolute atomic E-state index is 5.70. The van der Waals surface area contributed by atoms with Gasteiger partial charge in [-0.2, -0.15) is 0 Å². The fraction of sp³-hybridized carbons (Fsp3) is 0.455. The lowest BCUT2D eigenvalue weighted by Gasteiger charge is -2.08. The summed E-state index contributed by atoms with van der Waals surface area (Å²) in [7, 11) is 0. The maximum Gasteiger partial charge on any atom is 0.0737 e. The van der Waals surface area contributed by atoms with E-state index >= 15 is 0 Å². The Bertz CT molecular complexity index is 258. The van der Waals surface area contributed by atoms with Gasteiger partial charge in [-0.25, -0.2) is 0 Å². The number of nitrogens with two attached hydrogens (primary N) is 1. The molecule has 0 saturated carbocycles. The number of para-hydroxylation sites is 1. The number of nitrogen functional groups attached to an aromatic ring is 1. The van der Waals surface area contributed by atoms with E-state index in [2.05, 4.69) is 19.9 Å². The molecule has 0 bridgehead atoms. The smallest absolute Gasteiger partial charge is 0.0737 e. The number of anilines is 1. The summed E-state index contributed by atoms with van der Waals surface area (Å²) in [6.07, 6.45) is 0. The molecule has 1 rings (SSSR count). The Morgan fingerprint density at radius 1 is 1.54 bits per heavy atom. The van der Waals surface area contributed by atoms with Gasteiger partial charge in [-0.05, 0) is 5.92 Å². The summed E-state index contributed by atoms with van der Waals surface area (Å²) >= 11 is 0. The molecule has 1 aromatic carbocycles. The van der Waals surface area contributed by atoms with Gasteiger partial charge in [0.2, 0.25) is 0 Å². The molecule has 0 aromatic heterocycles. The Morgan fingerprint density at radius 3 is 2.92 bits per heavy atom. The molecule has 0 atom stereocenters. The van der Waals surface area contributed by atoms with Crippen molar-refractivity contribution >= 4 is 5.69 Å². The molecule has 1 radical (unpaired) electrons. The van der Waals surface area contributed by atoms with E-state index in [0.29, 0.717) is 18.2 Å². The molecule has 13 heavy (non-hydrogen) atoms. The van der Waals surface area contributed by atoms with Crippen LogP contribution in [0.5, 0.6) is 0 Å². The van der Waals surface area contributed by atoms with E-state index in [1.54, 1.807) is 6.07 Å². The van der Waals surface area contributed by atoms with Crippen LogP contribution in [-0.4, -0.2) is 6.61 Å². The highest BCUT2D eigenvalue weighted by molar-refractivity contribution is 5.44. The van der Waals surface area contributed by atoms with Crippen LogP contribution in [0.25, 0.3) is 0 Å². The topological polar surface area (TPSA) is 35.2 Å². The Hall–Kier alpha value is -1.02. The van der Waals surface area contributed by atoms with Gasteiger partial charge in [-0.15, -0.1) is 0 Å². The average Bonchev–Trinajstić information content (AvgIpc) is 2.08. The summed E-state index contributed by atoms with van der Waals surface area (Å²) in [4.78, 5) is 0. The summed E-state index contributed by atoms with van der Waals surface area (Å²) in [5, 5.41) is 0. The minimum Gasteiger partial charge on any atom is -0.398 e. The highest BCUT2D eigenvalue weighted by Gasteiger charge is 1.98. The van der Waals surface area contributed by atoms with Crippen LogP contribution in [0, 0.1) is 12.0 Å². The standard InChI is InChI=1S/C11H16NO/c1-9(2)7-13-8-10-5-3-4-6-11(10)12/h3-5,9H,7-8,12H2,1-2H3. The second kappa shape index (κ2) is 4.87. The van der Waals surface area contributed by atoms with Gasteiger partial charge in [0.1, 0.15) is 0 Å². The first-order valence-electron chi connectivity index (χ1n) is 4.53. The molecule has 0 spiro atoms. The van der Waals surface area contributed by atoms with Gasteiger partial charge >= 0.3 is 0 Å². The van der Waals surface area contributed by atoms with E-state index < -0.39 is 0 Å². The van der Waals surface area contributed by atoms with Gasteiger partial charge in [-0.3, -0.25) is 0 Å². The molecule has 0 amide bonds. The van der Waals surface area contributed by atoms with Crippen molar-refractivity contribution in [2.75, 3.05) is 12.3 Å². The predicted octanol–water partition coefficient (Wildman–Crippen LogP) is 2.24.